The maximum Gasteiger partial charge on any atom is 0.326 e. The summed E-state index contributed by atoms with van der Waals surface area (Å²) in [6, 6.07) is 12.0. The summed E-state index contributed by atoms with van der Waals surface area (Å²) >= 11 is 0. The highest BCUT2D eigenvalue weighted by molar-refractivity contribution is 5.95. The maximum atomic E-state index is 14.0. The number of aliphatic carboxylic acids is 1. The zero-order chi connectivity index (χ0) is 44.7. The number of aliphatic imine (C=N–C) groups is 1. The summed E-state index contributed by atoms with van der Waals surface area (Å²) in [6.45, 7) is 3.64. The van der Waals surface area contributed by atoms with Crippen LogP contribution < -0.4 is 49.5 Å². The zero-order valence-electron chi connectivity index (χ0n) is 35.7. The summed E-state index contributed by atoms with van der Waals surface area (Å²) in [5, 5.41) is 23.3. The standard InChI is InChI=1S/C44H68N10O7/c1-28(2)24-37(43(60)61)54-42(59)36(26-31-18-10-5-11-19-31)53-41(58)34(20-12-13-23-49-44(47)48)51-39(56)33(46)27-50-40(57)35(25-30-16-8-4-9-17-30)52-38(55)32(45)22-21-29-14-6-3-7-15-29/h3,5-7,10-11,14-15,18-19,28,30,32-37H,4,8-9,12-13,16-17,20-27,45-46H2,1-2H3,(H,50,57)(H,51,56)(H,52,55)(H,53,58)(H,54,59)(H,60,61)(H4,47,48,49)/t32-,33-,34-,35-,36-,37-/m0/s1. The number of carbonyl (C=O) groups excluding carboxylic acids is 5. The molecule has 2 aromatic carbocycles. The number of carboxylic acids is 1. The number of carboxylic acid groups (broad SMARTS) is 1. The summed E-state index contributed by atoms with van der Waals surface area (Å²) in [4.78, 5) is 84.0. The predicted molar refractivity (Wildman–Crippen MR) is 234 cm³/mol. The molecule has 3 rings (SSSR count). The molecule has 0 heterocycles. The third-order valence-corrected chi connectivity index (χ3v) is 10.7. The number of nitrogens with zero attached hydrogens (tertiary/aromatic N) is 1. The van der Waals surface area contributed by atoms with Crippen LogP contribution in [0, 0.1) is 11.8 Å². The number of hydrogen-bond donors (Lipinski definition) is 10. The first kappa shape index (κ1) is 49.8. The summed E-state index contributed by atoms with van der Waals surface area (Å²) in [5.41, 5.74) is 25.2. The van der Waals surface area contributed by atoms with E-state index in [-0.39, 0.29) is 50.1 Å². The molecule has 0 bridgehead atoms. The van der Waals surface area contributed by atoms with Gasteiger partial charge in [-0.05, 0) is 67.9 Å². The fraction of sp³-hybridized carbons (Fsp3) is 0.568. The molecule has 0 spiro atoms. The number of guanidine groups is 1. The third-order valence-electron chi connectivity index (χ3n) is 10.7. The van der Waals surface area contributed by atoms with Crippen molar-refractivity contribution < 1.29 is 33.9 Å². The molecule has 61 heavy (non-hydrogen) atoms. The number of carbonyl (C=O) groups is 6. The Labute approximate surface area is 359 Å². The van der Waals surface area contributed by atoms with E-state index in [4.69, 9.17) is 22.9 Å². The first-order valence-electron chi connectivity index (χ1n) is 21.5. The number of amides is 5. The van der Waals surface area contributed by atoms with Gasteiger partial charge in [0.2, 0.25) is 29.5 Å². The van der Waals surface area contributed by atoms with Crippen molar-refractivity contribution in [2.24, 2.45) is 39.8 Å². The molecule has 17 heteroatoms. The van der Waals surface area contributed by atoms with Crippen molar-refractivity contribution in [2.45, 2.75) is 134 Å². The second-order valence-electron chi connectivity index (χ2n) is 16.4. The molecule has 14 N–H and O–H groups in total. The number of nitrogens with one attached hydrogen (secondary N) is 5. The van der Waals surface area contributed by atoms with Gasteiger partial charge >= 0.3 is 5.97 Å². The second-order valence-corrected chi connectivity index (χ2v) is 16.4. The number of unbranched alkanes of at least 4 members (excludes halogenated alkanes) is 1. The van der Waals surface area contributed by atoms with Crippen LogP contribution in [0.5, 0.6) is 0 Å². The Hall–Kier alpha value is -5.55. The molecule has 6 atom stereocenters. The smallest absolute Gasteiger partial charge is 0.326 e. The van der Waals surface area contributed by atoms with E-state index in [1.807, 2.05) is 44.2 Å². The fourth-order valence-corrected chi connectivity index (χ4v) is 7.30. The van der Waals surface area contributed by atoms with Gasteiger partial charge in [-0.2, -0.15) is 0 Å². The van der Waals surface area contributed by atoms with Crippen molar-refractivity contribution in [2.75, 3.05) is 13.1 Å². The summed E-state index contributed by atoms with van der Waals surface area (Å²) < 4.78 is 0. The number of nitrogens with two attached hydrogens (primary N) is 4. The molecule has 1 fully saturated rings. The second kappa shape index (κ2) is 26.6. The van der Waals surface area contributed by atoms with Crippen LogP contribution in [-0.4, -0.2) is 95.9 Å². The molecule has 5 amide bonds. The van der Waals surface area contributed by atoms with Gasteiger partial charge in [-0.3, -0.25) is 29.0 Å². The van der Waals surface area contributed by atoms with Gasteiger partial charge in [-0.1, -0.05) is 107 Å². The van der Waals surface area contributed by atoms with Gasteiger partial charge < -0.3 is 54.6 Å². The van der Waals surface area contributed by atoms with Gasteiger partial charge in [0.05, 0.1) is 6.04 Å². The van der Waals surface area contributed by atoms with E-state index in [2.05, 4.69) is 31.6 Å². The minimum Gasteiger partial charge on any atom is -0.480 e. The minimum absolute atomic E-state index is 0.0360. The van der Waals surface area contributed by atoms with Gasteiger partial charge in [0.15, 0.2) is 5.96 Å². The topological polar surface area (TPSA) is 299 Å². The van der Waals surface area contributed by atoms with Gasteiger partial charge in [0.25, 0.3) is 0 Å². The highest BCUT2D eigenvalue weighted by atomic mass is 16.4. The average molecular weight is 849 g/mol. The van der Waals surface area contributed by atoms with Crippen molar-refractivity contribution in [1.82, 2.24) is 26.6 Å². The van der Waals surface area contributed by atoms with Crippen LogP contribution in [0.1, 0.15) is 95.6 Å². The van der Waals surface area contributed by atoms with Crippen LogP contribution in [0.3, 0.4) is 0 Å². The Bertz CT molecular complexity index is 1720. The Balaban J connectivity index is 1.72. The normalized spacial score (nSPS) is 15.8. The van der Waals surface area contributed by atoms with Gasteiger partial charge in [-0.15, -0.1) is 0 Å². The summed E-state index contributed by atoms with van der Waals surface area (Å²) in [7, 11) is 0. The van der Waals surface area contributed by atoms with Gasteiger partial charge in [0.1, 0.15) is 30.2 Å². The van der Waals surface area contributed by atoms with E-state index in [9.17, 15) is 33.9 Å². The summed E-state index contributed by atoms with van der Waals surface area (Å²) in [5.74, 6) is -4.19. The maximum absolute atomic E-state index is 14.0. The number of benzene rings is 2. The number of rotatable bonds is 26. The van der Waals surface area contributed by atoms with E-state index in [1.54, 1.807) is 30.3 Å². The lowest BCUT2D eigenvalue weighted by molar-refractivity contribution is -0.142. The molecule has 336 valence electrons. The van der Waals surface area contributed by atoms with E-state index in [0.717, 1.165) is 37.7 Å². The number of aryl methyl sites for hydroxylation is 1. The highest BCUT2D eigenvalue weighted by Crippen LogP contribution is 2.27. The minimum atomic E-state index is -1.30. The molecule has 0 aromatic heterocycles. The Kier molecular flexibility index (Phi) is 21.7. The highest BCUT2D eigenvalue weighted by Gasteiger charge is 2.32. The van der Waals surface area contributed by atoms with Crippen LogP contribution in [-0.2, 0) is 41.6 Å². The molecule has 17 nitrogen and oxygen atoms in total. The molecular weight excluding hydrogens is 781 g/mol. The van der Waals surface area contributed by atoms with Crippen LogP contribution >= 0.6 is 0 Å². The largest absolute Gasteiger partial charge is 0.480 e. The molecule has 0 saturated heterocycles. The first-order chi connectivity index (χ1) is 29.1. The van der Waals surface area contributed by atoms with Gasteiger partial charge in [-0.25, -0.2) is 4.79 Å². The van der Waals surface area contributed by atoms with Crippen LogP contribution in [0.15, 0.2) is 65.7 Å². The Morgan fingerprint density at radius 2 is 1.23 bits per heavy atom. The molecule has 1 aliphatic carbocycles. The quantitative estimate of drug-likeness (QED) is 0.0364. The van der Waals surface area contributed by atoms with E-state index in [0.29, 0.717) is 37.7 Å². The molecular formula is C44H68N10O7. The van der Waals surface area contributed by atoms with Crippen molar-refractivity contribution in [1.29, 1.82) is 0 Å². The molecule has 0 radical (unpaired) electrons. The molecule has 2 aromatic rings. The van der Waals surface area contributed by atoms with Crippen LogP contribution in [0.4, 0.5) is 0 Å². The van der Waals surface area contributed by atoms with Crippen molar-refractivity contribution in [3.63, 3.8) is 0 Å². The Morgan fingerprint density at radius 1 is 0.672 bits per heavy atom. The molecule has 1 aliphatic rings. The number of hydrogen-bond acceptors (Lipinski definition) is 9. The van der Waals surface area contributed by atoms with Crippen molar-refractivity contribution in [3.8, 4) is 0 Å². The first-order valence-corrected chi connectivity index (χ1v) is 21.5. The Morgan fingerprint density at radius 3 is 1.84 bits per heavy atom. The fourth-order valence-electron chi connectivity index (χ4n) is 7.30. The van der Waals surface area contributed by atoms with Gasteiger partial charge in [0, 0.05) is 19.5 Å². The van der Waals surface area contributed by atoms with E-state index < -0.39 is 71.8 Å². The van der Waals surface area contributed by atoms with E-state index >= 15 is 0 Å². The van der Waals surface area contributed by atoms with Crippen LogP contribution in [0.25, 0.3) is 0 Å². The SMILES string of the molecule is CC(C)C[C@H](NC(=O)[C@H](Cc1ccccc1)NC(=O)[C@H](CCCCN=C(N)N)NC(=O)[C@@H](N)CNC(=O)[C@H](CC1CCCCC1)NC(=O)[C@@H](N)CCc1ccccc1)C(=O)O. The zero-order valence-corrected chi connectivity index (χ0v) is 35.7. The molecule has 0 aliphatic heterocycles. The lowest BCUT2D eigenvalue weighted by Gasteiger charge is -2.28. The molecule has 0 unspecified atom stereocenters. The van der Waals surface area contributed by atoms with Crippen molar-refractivity contribution >= 4 is 41.5 Å². The van der Waals surface area contributed by atoms with Crippen LogP contribution in [0.2, 0.25) is 0 Å². The van der Waals surface area contributed by atoms with Crippen molar-refractivity contribution in [3.05, 3.63) is 71.8 Å². The lowest BCUT2D eigenvalue weighted by atomic mass is 9.84. The third kappa shape index (κ3) is 19.1. The lowest BCUT2D eigenvalue weighted by Crippen LogP contribution is -2.59. The average Bonchev–Trinajstić information content (AvgIpc) is 3.23. The molecule has 1 saturated carbocycles. The summed E-state index contributed by atoms with van der Waals surface area (Å²) in [6.07, 6.45) is 7.64. The monoisotopic (exact) mass is 849 g/mol. The predicted octanol–water partition coefficient (Wildman–Crippen LogP) is 1.12. The van der Waals surface area contributed by atoms with E-state index in [1.165, 1.54) is 0 Å².